The molecule has 0 bridgehead atoms. The van der Waals surface area contributed by atoms with Gasteiger partial charge in [0.2, 0.25) is 5.91 Å². The summed E-state index contributed by atoms with van der Waals surface area (Å²) in [7, 11) is 0. The molecule has 0 radical (unpaired) electrons. The summed E-state index contributed by atoms with van der Waals surface area (Å²) in [5, 5.41) is 1.70. The van der Waals surface area contributed by atoms with Gasteiger partial charge in [-0.05, 0) is 36.4 Å². The van der Waals surface area contributed by atoms with Crippen LogP contribution in [0, 0.1) is 0 Å². The van der Waals surface area contributed by atoms with E-state index < -0.39 is 5.91 Å². The molecule has 0 saturated heterocycles. The molecule has 19 heavy (non-hydrogen) atoms. The Morgan fingerprint density at radius 1 is 1.05 bits per heavy atom. The molecule has 1 heterocycles. The number of hydrogen-bond donors (Lipinski definition) is 1. The molecule has 3 aromatic rings. The van der Waals surface area contributed by atoms with Crippen molar-refractivity contribution in [2.75, 3.05) is 0 Å². The van der Waals surface area contributed by atoms with E-state index in [9.17, 15) is 9.59 Å². The van der Waals surface area contributed by atoms with E-state index in [0.29, 0.717) is 21.4 Å². The Labute approximate surface area is 117 Å². The van der Waals surface area contributed by atoms with Crippen LogP contribution < -0.4 is 11.2 Å². The molecule has 0 spiro atoms. The standard InChI is InChI=1S/C14H8ClNO2S/c15-8-2-4-11-10(6-8)13(17)9-3-1-7(14(16)18)5-12(9)19-11/h1-6H,(H2,16,18). The van der Waals surface area contributed by atoms with Crippen molar-refractivity contribution in [3.63, 3.8) is 0 Å². The summed E-state index contributed by atoms with van der Waals surface area (Å²) in [6, 6.07) is 10.1. The summed E-state index contributed by atoms with van der Waals surface area (Å²) in [5.74, 6) is -0.502. The number of nitrogens with two attached hydrogens (primary N) is 1. The van der Waals surface area contributed by atoms with Gasteiger partial charge in [0.25, 0.3) is 0 Å². The van der Waals surface area contributed by atoms with Crippen molar-refractivity contribution in [2.45, 2.75) is 0 Å². The second kappa shape index (κ2) is 4.33. The number of primary amides is 1. The number of rotatable bonds is 1. The fourth-order valence-electron chi connectivity index (χ4n) is 1.98. The number of benzene rings is 2. The van der Waals surface area contributed by atoms with E-state index in [4.69, 9.17) is 17.3 Å². The number of fused-ring (bicyclic) bond motifs is 2. The quantitative estimate of drug-likeness (QED) is 0.700. The van der Waals surface area contributed by atoms with E-state index in [2.05, 4.69) is 0 Å². The Hall–Kier alpha value is -1.91. The first-order valence-electron chi connectivity index (χ1n) is 5.52. The molecule has 0 aliphatic rings. The van der Waals surface area contributed by atoms with Crippen LogP contribution in [0.15, 0.2) is 41.2 Å². The fraction of sp³-hybridized carbons (Fsp3) is 0. The zero-order valence-corrected chi connectivity index (χ0v) is 11.2. The zero-order valence-electron chi connectivity index (χ0n) is 9.64. The summed E-state index contributed by atoms with van der Waals surface area (Å²) < 4.78 is 1.58. The molecule has 0 aliphatic heterocycles. The summed E-state index contributed by atoms with van der Waals surface area (Å²) in [6.07, 6.45) is 0. The predicted octanol–water partition coefficient (Wildman–Crippen LogP) is 3.17. The molecule has 5 heteroatoms. The minimum atomic E-state index is -0.502. The van der Waals surface area contributed by atoms with Crippen LogP contribution in [0.1, 0.15) is 10.4 Å². The van der Waals surface area contributed by atoms with Crippen molar-refractivity contribution in [1.82, 2.24) is 0 Å². The highest BCUT2D eigenvalue weighted by molar-refractivity contribution is 7.24. The van der Waals surface area contributed by atoms with Crippen molar-refractivity contribution >= 4 is 49.0 Å². The van der Waals surface area contributed by atoms with Crippen molar-refractivity contribution in [3.8, 4) is 0 Å². The van der Waals surface area contributed by atoms with Crippen molar-refractivity contribution < 1.29 is 4.79 Å². The van der Waals surface area contributed by atoms with Crippen molar-refractivity contribution in [2.24, 2.45) is 5.73 Å². The molecule has 1 amide bonds. The van der Waals surface area contributed by atoms with Gasteiger partial charge in [0.05, 0.1) is 0 Å². The van der Waals surface area contributed by atoms with Gasteiger partial charge in [0.15, 0.2) is 5.43 Å². The van der Waals surface area contributed by atoms with Gasteiger partial charge >= 0.3 is 0 Å². The van der Waals surface area contributed by atoms with E-state index in [1.165, 1.54) is 11.3 Å². The molecule has 2 aromatic carbocycles. The topological polar surface area (TPSA) is 60.2 Å². The number of hydrogen-bond acceptors (Lipinski definition) is 3. The molecular weight excluding hydrogens is 282 g/mol. The maximum atomic E-state index is 12.4. The highest BCUT2D eigenvalue weighted by atomic mass is 35.5. The third kappa shape index (κ3) is 1.99. The average Bonchev–Trinajstić information content (AvgIpc) is 2.39. The number of amides is 1. The van der Waals surface area contributed by atoms with Crippen LogP contribution in [0.4, 0.5) is 0 Å². The van der Waals surface area contributed by atoms with Gasteiger partial charge < -0.3 is 5.73 Å². The first kappa shape index (κ1) is 12.1. The molecule has 0 saturated carbocycles. The molecular formula is C14H8ClNO2S. The van der Waals surface area contributed by atoms with Crippen LogP contribution in [-0.2, 0) is 0 Å². The van der Waals surface area contributed by atoms with Gasteiger partial charge in [-0.2, -0.15) is 0 Å². The van der Waals surface area contributed by atoms with Crippen LogP contribution in [0.5, 0.6) is 0 Å². The number of carbonyl (C=O) groups excluding carboxylic acids is 1. The van der Waals surface area contributed by atoms with Crippen LogP contribution in [0.2, 0.25) is 5.02 Å². The van der Waals surface area contributed by atoms with Gasteiger partial charge in [0, 0.05) is 30.8 Å². The van der Waals surface area contributed by atoms with Gasteiger partial charge in [0.1, 0.15) is 0 Å². The minimum Gasteiger partial charge on any atom is -0.366 e. The Balaban J connectivity index is 2.46. The lowest BCUT2D eigenvalue weighted by Crippen LogP contribution is -2.11. The maximum Gasteiger partial charge on any atom is 0.248 e. The lowest BCUT2D eigenvalue weighted by Gasteiger charge is -2.02. The van der Waals surface area contributed by atoms with Crippen molar-refractivity contribution in [1.29, 1.82) is 0 Å². The predicted molar refractivity (Wildman–Crippen MR) is 79.1 cm³/mol. The summed E-state index contributed by atoms with van der Waals surface area (Å²) in [4.78, 5) is 23.5. The van der Waals surface area contributed by atoms with Crippen LogP contribution in [-0.4, -0.2) is 5.91 Å². The molecule has 94 valence electrons. The SMILES string of the molecule is NC(=O)c1ccc2c(=O)c3cc(Cl)ccc3sc2c1. The number of carbonyl (C=O) groups is 1. The van der Waals surface area contributed by atoms with E-state index in [1.54, 1.807) is 36.4 Å². The van der Waals surface area contributed by atoms with E-state index in [0.717, 1.165) is 9.40 Å². The monoisotopic (exact) mass is 289 g/mol. The highest BCUT2D eigenvalue weighted by Gasteiger charge is 2.08. The second-order valence-electron chi connectivity index (χ2n) is 4.15. The van der Waals surface area contributed by atoms with Gasteiger partial charge in [-0.1, -0.05) is 11.6 Å². The normalized spacial score (nSPS) is 11.0. The summed E-state index contributed by atoms with van der Waals surface area (Å²) in [6.45, 7) is 0. The molecule has 0 atom stereocenters. The number of halogens is 1. The molecule has 0 fully saturated rings. The third-order valence-corrected chi connectivity index (χ3v) is 4.29. The second-order valence-corrected chi connectivity index (χ2v) is 5.67. The summed E-state index contributed by atoms with van der Waals surface area (Å²) >= 11 is 7.35. The van der Waals surface area contributed by atoms with Crippen LogP contribution in [0.25, 0.3) is 20.2 Å². The molecule has 0 unspecified atom stereocenters. The highest BCUT2D eigenvalue weighted by Crippen LogP contribution is 2.27. The maximum absolute atomic E-state index is 12.4. The Morgan fingerprint density at radius 3 is 2.58 bits per heavy atom. The lowest BCUT2D eigenvalue weighted by molar-refractivity contribution is 0.100. The van der Waals surface area contributed by atoms with Gasteiger partial charge in [-0.25, -0.2) is 0 Å². The van der Waals surface area contributed by atoms with Gasteiger partial charge in [-0.3, -0.25) is 9.59 Å². The fourth-order valence-corrected chi connectivity index (χ4v) is 3.24. The molecule has 3 nitrogen and oxygen atoms in total. The zero-order chi connectivity index (χ0) is 13.6. The lowest BCUT2D eigenvalue weighted by atomic mass is 10.1. The molecule has 2 N–H and O–H groups in total. The largest absolute Gasteiger partial charge is 0.366 e. The van der Waals surface area contributed by atoms with E-state index in [-0.39, 0.29) is 5.43 Å². The molecule has 1 aromatic heterocycles. The Bertz CT molecular complexity index is 886. The average molecular weight is 290 g/mol. The Kier molecular flexibility index (Phi) is 2.77. The van der Waals surface area contributed by atoms with E-state index in [1.807, 2.05) is 0 Å². The summed E-state index contributed by atoms with van der Waals surface area (Å²) in [5.41, 5.74) is 5.56. The first-order valence-corrected chi connectivity index (χ1v) is 6.71. The van der Waals surface area contributed by atoms with E-state index >= 15 is 0 Å². The molecule has 3 rings (SSSR count). The van der Waals surface area contributed by atoms with Crippen LogP contribution >= 0.6 is 22.9 Å². The molecule has 0 aliphatic carbocycles. The van der Waals surface area contributed by atoms with Crippen LogP contribution in [0.3, 0.4) is 0 Å². The van der Waals surface area contributed by atoms with Crippen molar-refractivity contribution in [3.05, 3.63) is 57.2 Å². The smallest absolute Gasteiger partial charge is 0.248 e. The Morgan fingerprint density at radius 2 is 1.84 bits per heavy atom. The minimum absolute atomic E-state index is 0.0812. The first-order chi connectivity index (χ1) is 9.06. The third-order valence-electron chi connectivity index (χ3n) is 2.92. The van der Waals surface area contributed by atoms with Gasteiger partial charge in [-0.15, -0.1) is 11.3 Å².